The molecule has 1 atom stereocenters. The minimum Gasteiger partial charge on any atom is -0.396 e. The molecule has 0 radical (unpaired) electrons. The highest BCUT2D eigenvalue weighted by molar-refractivity contribution is 7.46. The van der Waals surface area contributed by atoms with Gasteiger partial charge in [-0.2, -0.15) is 0 Å². The quantitative estimate of drug-likeness (QED) is 0.191. The molecule has 0 aromatic heterocycles. The Balaban J connectivity index is 1.52. The first-order valence-corrected chi connectivity index (χ1v) is 12.8. The maximum Gasteiger partial charge on any atom is 0.469 e. The molecule has 2 aromatic rings. The first kappa shape index (κ1) is 26.1. The molecule has 0 aliphatic carbocycles. The summed E-state index contributed by atoms with van der Waals surface area (Å²) in [5.74, 6) is -0.192. The predicted molar refractivity (Wildman–Crippen MR) is 129 cm³/mol. The zero-order valence-electron chi connectivity index (χ0n) is 19.3. The molecule has 34 heavy (non-hydrogen) atoms. The van der Waals surface area contributed by atoms with Crippen LogP contribution in [0, 0.1) is 0 Å². The maximum absolute atomic E-state index is 12.9. The largest absolute Gasteiger partial charge is 0.469 e. The third-order valence-electron chi connectivity index (χ3n) is 5.71. The van der Waals surface area contributed by atoms with E-state index in [9.17, 15) is 9.36 Å². The molecule has 1 saturated heterocycles. The molecule has 0 spiro atoms. The average molecular weight is 490 g/mol. The molecule has 1 heterocycles. The Morgan fingerprint density at radius 2 is 1.82 bits per heavy atom. The second-order valence-corrected chi connectivity index (χ2v) is 9.73. The Morgan fingerprint density at radius 1 is 1.15 bits per heavy atom. The molecule has 0 bridgehead atoms. The number of aryl methyl sites for hydroxylation is 1. The second kappa shape index (κ2) is 11.7. The van der Waals surface area contributed by atoms with Gasteiger partial charge in [0.05, 0.1) is 17.9 Å². The maximum atomic E-state index is 12.9. The Hall–Kier alpha value is -2.55. The van der Waals surface area contributed by atoms with Gasteiger partial charge in [0.25, 0.3) is 5.91 Å². The van der Waals surface area contributed by atoms with E-state index in [2.05, 4.69) is 21.8 Å². The van der Waals surface area contributed by atoms with E-state index in [-0.39, 0.29) is 19.1 Å². The molecule has 2 aromatic carbocycles. The summed E-state index contributed by atoms with van der Waals surface area (Å²) in [5.41, 5.74) is 8.63. The zero-order chi connectivity index (χ0) is 24.6. The van der Waals surface area contributed by atoms with Gasteiger partial charge < -0.3 is 25.3 Å². The van der Waals surface area contributed by atoms with Crippen molar-refractivity contribution >= 4 is 19.4 Å². The minimum absolute atomic E-state index is 0.159. The highest BCUT2D eigenvalue weighted by atomic mass is 31.2. The number of phosphoric ester groups is 1. The molecule has 9 nitrogen and oxygen atoms in total. The topological polar surface area (TPSA) is 135 Å². The van der Waals surface area contributed by atoms with Crippen LogP contribution in [-0.2, 0) is 20.3 Å². The Bertz CT molecular complexity index is 1020. The monoisotopic (exact) mass is 489 g/mol. The molecule has 184 valence electrons. The van der Waals surface area contributed by atoms with Crippen molar-refractivity contribution in [1.29, 1.82) is 0 Å². The third-order valence-corrected chi connectivity index (χ3v) is 6.18. The van der Waals surface area contributed by atoms with Crippen LogP contribution in [0.15, 0.2) is 59.8 Å². The van der Waals surface area contributed by atoms with Gasteiger partial charge in [-0.3, -0.25) is 9.32 Å². The number of carbonyl (C=O) groups excluding carboxylic acids is 1. The molecular formula is C24H32N3O6P. The lowest BCUT2D eigenvalue weighted by Crippen LogP contribution is -2.47. The number of phosphoric acid groups is 1. The van der Waals surface area contributed by atoms with Crippen molar-refractivity contribution in [2.24, 2.45) is 10.9 Å². The summed E-state index contributed by atoms with van der Waals surface area (Å²) in [4.78, 5) is 37.8. The highest BCUT2D eigenvalue weighted by Crippen LogP contribution is 2.37. The van der Waals surface area contributed by atoms with Crippen molar-refractivity contribution in [2.75, 3.05) is 26.3 Å². The first-order valence-electron chi connectivity index (χ1n) is 11.3. The zero-order valence-corrected chi connectivity index (χ0v) is 20.2. The number of oxime groups is 1. The van der Waals surface area contributed by atoms with Crippen molar-refractivity contribution in [3.05, 3.63) is 71.3 Å². The van der Waals surface area contributed by atoms with E-state index in [1.807, 2.05) is 37.3 Å². The molecule has 3 rings (SSSR count). The Kier molecular flexibility index (Phi) is 8.99. The molecule has 1 unspecified atom stereocenters. The van der Waals surface area contributed by atoms with Gasteiger partial charge in [0.15, 0.2) is 0 Å². The van der Waals surface area contributed by atoms with E-state index < -0.39 is 13.4 Å². The van der Waals surface area contributed by atoms with Crippen LogP contribution >= 0.6 is 7.82 Å². The SMILES string of the molecule is CC/C(=N\OCCCc1ccccc1)c1ccc(C(=O)N2CCC(N)(COP(=O)(O)O)C2)cc1. The van der Waals surface area contributed by atoms with E-state index in [1.54, 1.807) is 17.0 Å². The van der Waals surface area contributed by atoms with Gasteiger partial charge >= 0.3 is 7.82 Å². The van der Waals surface area contributed by atoms with Crippen molar-refractivity contribution < 1.29 is 28.5 Å². The summed E-state index contributed by atoms with van der Waals surface area (Å²) in [5, 5.41) is 4.28. The fourth-order valence-corrected chi connectivity index (χ4v) is 4.24. The summed E-state index contributed by atoms with van der Waals surface area (Å²) in [6, 6.07) is 17.4. The highest BCUT2D eigenvalue weighted by Gasteiger charge is 2.38. The number of hydrogen-bond donors (Lipinski definition) is 3. The van der Waals surface area contributed by atoms with Crippen molar-refractivity contribution in [2.45, 2.75) is 38.1 Å². The lowest BCUT2D eigenvalue weighted by molar-refractivity contribution is 0.0774. The summed E-state index contributed by atoms with van der Waals surface area (Å²) in [6.07, 6.45) is 2.88. The van der Waals surface area contributed by atoms with Crippen LogP contribution in [0.2, 0.25) is 0 Å². The van der Waals surface area contributed by atoms with Gasteiger partial charge in [0.2, 0.25) is 0 Å². The number of rotatable bonds is 11. The molecule has 0 saturated carbocycles. The van der Waals surface area contributed by atoms with Crippen LogP contribution in [0.4, 0.5) is 0 Å². The molecule has 1 aliphatic rings. The van der Waals surface area contributed by atoms with Crippen LogP contribution in [0.1, 0.15) is 47.7 Å². The van der Waals surface area contributed by atoms with E-state index in [1.165, 1.54) is 5.56 Å². The first-order chi connectivity index (χ1) is 16.2. The fourth-order valence-electron chi connectivity index (χ4n) is 3.82. The van der Waals surface area contributed by atoms with E-state index in [0.29, 0.717) is 31.6 Å². The second-order valence-electron chi connectivity index (χ2n) is 8.49. The number of nitrogens with zero attached hydrogens (tertiary/aromatic N) is 2. The molecule has 1 amide bonds. The van der Waals surface area contributed by atoms with Crippen LogP contribution in [0.3, 0.4) is 0 Å². The number of benzene rings is 2. The van der Waals surface area contributed by atoms with E-state index in [4.69, 9.17) is 20.4 Å². The van der Waals surface area contributed by atoms with Gasteiger partial charge in [-0.1, -0.05) is 54.5 Å². The van der Waals surface area contributed by atoms with E-state index >= 15 is 0 Å². The van der Waals surface area contributed by atoms with Crippen LogP contribution in [0.25, 0.3) is 0 Å². The summed E-state index contributed by atoms with van der Waals surface area (Å²) in [7, 11) is -4.61. The van der Waals surface area contributed by atoms with Crippen LogP contribution in [0.5, 0.6) is 0 Å². The summed E-state index contributed by atoms with van der Waals surface area (Å²) >= 11 is 0. The number of amides is 1. The fraction of sp³-hybridized carbons (Fsp3) is 0.417. The number of likely N-dealkylation sites (tertiary alicyclic amines) is 1. The standard InChI is InChI=1S/C24H32N3O6P/c1-2-22(26-32-16-6-9-19-7-4-3-5-8-19)20-10-12-21(13-11-20)23(28)27-15-14-24(25,17-27)18-33-34(29,30)31/h3-5,7-8,10-13H,2,6,9,14-18,25H2,1H3,(H2,29,30,31)/b26-22+. The van der Waals surface area contributed by atoms with Crippen LogP contribution in [-0.4, -0.2) is 58.1 Å². The number of nitrogens with two attached hydrogens (primary N) is 1. The molecular weight excluding hydrogens is 457 g/mol. The molecule has 1 fully saturated rings. The average Bonchev–Trinajstić information content (AvgIpc) is 3.23. The molecule has 4 N–H and O–H groups in total. The third kappa shape index (κ3) is 7.75. The summed E-state index contributed by atoms with van der Waals surface area (Å²) in [6.45, 7) is 2.75. The smallest absolute Gasteiger partial charge is 0.396 e. The van der Waals surface area contributed by atoms with Gasteiger partial charge in [0.1, 0.15) is 6.61 Å². The van der Waals surface area contributed by atoms with Gasteiger partial charge in [0, 0.05) is 18.7 Å². The molecule has 10 heteroatoms. The predicted octanol–water partition coefficient (Wildman–Crippen LogP) is 3.10. The molecule has 1 aliphatic heterocycles. The Labute approximate surface area is 199 Å². The lowest BCUT2D eigenvalue weighted by atomic mass is 10.0. The van der Waals surface area contributed by atoms with E-state index in [0.717, 1.165) is 24.1 Å². The van der Waals surface area contributed by atoms with Gasteiger partial charge in [-0.05, 0) is 48.9 Å². The van der Waals surface area contributed by atoms with Crippen molar-refractivity contribution in [3.63, 3.8) is 0 Å². The van der Waals surface area contributed by atoms with Gasteiger partial charge in [-0.15, -0.1) is 0 Å². The normalized spacial score (nSPS) is 18.8. The minimum atomic E-state index is -4.61. The Morgan fingerprint density at radius 3 is 2.47 bits per heavy atom. The van der Waals surface area contributed by atoms with Crippen LogP contribution < -0.4 is 5.73 Å². The lowest BCUT2D eigenvalue weighted by Gasteiger charge is -2.24. The summed E-state index contributed by atoms with van der Waals surface area (Å²) < 4.78 is 15.5. The van der Waals surface area contributed by atoms with Crippen molar-refractivity contribution in [1.82, 2.24) is 4.90 Å². The number of carbonyl (C=O) groups is 1. The number of hydrogen-bond acceptors (Lipinski definition) is 6. The van der Waals surface area contributed by atoms with Gasteiger partial charge in [-0.25, -0.2) is 4.57 Å². The van der Waals surface area contributed by atoms with Crippen molar-refractivity contribution in [3.8, 4) is 0 Å².